The fraction of sp³-hybridized carbons (Fsp3) is 0.385. The fourth-order valence-electron chi connectivity index (χ4n) is 2.49. The van der Waals surface area contributed by atoms with Gasteiger partial charge in [-0.2, -0.15) is 26.9 Å². The molecule has 0 radical (unpaired) electrons. The predicted molar refractivity (Wildman–Crippen MR) is 71.3 cm³/mol. The fourth-order valence-corrected chi connectivity index (χ4v) is 3.44. The van der Waals surface area contributed by atoms with Crippen LogP contribution < -0.4 is 0 Å². The average molecular weight is 385 g/mol. The van der Waals surface area contributed by atoms with Crippen LogP contribution in [0.2, 0.25) is 0 Å². The van der Waals surface area contributed by atoms with Gasteiger partial charge in [-0.25, -0.2) is 17.5 Å². The molecule has 0 unspecified atom stereocenters. The molecule has 2 heterocycles. The van der Waals surface area contributed by atoms with E-state index in [0.29, 0.717) is 5.56 Å². The second-order valence-corrected chi connectivity index (χ2v) is 7.23. The molecule has 25 heavy (non-hydrogen) atoms. The Kier molecular flexibility index (Phi) is 3.86. The summed E-state index contributed by atoms with van der Waals surface area (Å²) in [6, 6.07) is 7.13. The highest BCUT2D eigenvalue weighted by Crippen LogP contribution is 2.44. The van der Waals surface area contributed by atoms with Crippen LogP contribution >= 0.6 is 0 Å². The number of benzene rings is 1. The van der Waals surface area contributed by atoms with Crippen LogP contribution in [0.15, 0.2) is 35.5 Å². The van der Waals surface area contributed by atoms with E-state index in [1.54, 1.807) is 30.3 Å². The molecule has 12 heteroatoms. The highest BCUT2D eigenvalue weighted by molar-refractivity contribution is 7.92. The predicted octanol–water partition coefficient (Wildman–Crippen LogP) is 3.21. The van der Waals surface area contributed by atoms with Gasteiger partial charge in [-0.15, -0.1) is 5.10 Å². The van der Waals surface area contributed by atoms with Gasteiger partial charge in [0.1, 0.15) is 0 Å². The van der Waals surface area contributed by atoms with Crippen molar-refractivity contribution < 1.29 is 34.8 Å². The Morgan fingerprint density at radius 2 is 1.68 bits per heavy atom. The third kappa shape index (κ3) is 2.58. The molecule has 0 fully saturated rings. The number of halogens is 6. The van der Waals surface area contributed by atoms with Crippen LogP contribution in [-0.4, -0.2) is 34.6 Å². The van der Waals surface area contributed by atoms with Crippen LogP contribution in [0.1, 0.15) is 30.0 Å². The zero-order valence-electron chi connectivity index (χ0n) is 12.1. The van der Waals surface area contributed by atoms with Crippen molar-refractivity contribution in [3.05, 3.63) is 41.7 Å². The number of hydrogen-bond acceptors (Lipinski definition) is 4. The molecule has 1 aliphatic rings. The van der Waals surface area contributed by atoms with Crippen molar-refractivity contribution in [2.24, 2.45) is 0 Å². The SMILES string of the molecule is O=S(=O)(c1nc2n(n1)[C@H](c1ccccc1)C[C@@H]2F)C(F)(F)C(F)(F)F. The van der Waals surface area contributed by atoms with Gasteiger partial charge in [-0.3, -0.25) is 0 Å². The number of alkyl halides is 6. The summed E-state index contributed by atoms with van der Waals surface area (Å²) in [4.78, 5) is 3.11. The van der Waals surface area contributed by atoms with Gasteiger partial charge in [-0.1, -0.05) is 30.3 Å². The van der Waals surface area contributed by atoms with Crippen molar-refractivity contribution in [2.45, 2.75) is 35.2 Å². The van der Waals surface area contributed by atoms with Crippen LogP contribution in [0.4, 0.5) is 26.3 Å². The monoisotopic (exact) mass is 385 g/mol. The third-order valence-electron chi connectivity index (χ3n) is 3.74. The summed E-state index contributed by atoms with van der Waals surface area (Å²) < 4.78 is 102. The van der Waals surface area contributed by atoms with Gasteiger partial charge in [0.15, 0.2) is 12.0 Å². The Bertz CT molecular complexity index is 894. The molecule has 0 spiro atoms. The molecule has 1 aromatic carbocycles. The molecule has 136 valence electrons. The Morgan fingerprint density at radius 3 is 2.24 bits per heavy atom. The first-order valence-corrected chi connectivity index (χ1v) is 8.30. The highest BCUT2D eigenvalue weighted by atomic mass is 32.2. The summed E-state index contributed by atoms with van der Waals surface area (Å²) >= 11 is 0. The largest absolute Gasteiger partial charge is 0.469 e. The molecule has 2 atom stereocenters. The number of sulfone groups is 1. The van der Waals surface area contributed by atoms with Gasteiger partial charge in [0.05, 0.1) is 6.04 Å². The molecule has 0 saturated carbocycles. The van der Waals surface area contributed by atoms with E-state index in [4.69, 9.17) is 0 Å². The number of hydrogen-bond donors (Lipinski definition) is 0. The molecule has 3 rings (SSSR count). The minimum absolute atomic E-state index is 0.185. The second-order valence-electron chi connectivity index (χ2n) is 5.34. The minimum Gasteiger partial charge on any atom is -0.239 e. The Morgan fingerprint density at radius 1 is 1.08 bits per heavy atom. The molecule has 1 aromatic heterocycles. The lowest BCUT2D eigenvalue weighted by atomic mass is 10.0. The molecule has 0 aliphatic carbocycles. The average Bonchev–Trinajstić information content (AvgIpc) is 3.08. The molecule has 0 saturated heterocycles. The van der Waals surface area contributed by atoms with Crippen molar-refractivity contribution in [3.63, 3.8) is 0 Å². The van der Waals surface area contributed by atoms with E-state index in [0.717, 1.165) is 4.68 Å². The first-order valence-electron chi connectivity index (χ1n) is 6.81. The molecule has 0 N–H and O–H groups in total. The van der Waals surface area contributed by atoms with Crippen molar-refractivity contribution >= 4 is 9.84 Å². The lowest BCUT2D eigenvalue weighted by molar-refractivity contribution is -0.241. The summed E-state index contributed by atoms with van der Waals surface area (Å²) in [6.07, 6.45) is -8.38. The molecule has 0 amide bonds. The quantitative estimate of drug-likeness (QED) is 0.762. The van der Waals surface area contributed by atoms with Crippen LogP contribution in [-0.2, 0) is 9.84 Å². The molecule has 1 aliphatic heterocycles. The summed E-state index contributed by atoms with van der Waals surface area (Å²) in [5.74, 6) is -0.606. The number of aromatic nitrogens is 3. The van der Waals surface area contributed by atoms with Gasteiger partial charge in [0.25, 0.3) is 15.0 Å². The van der Waals surface area contributed by atoms with E-state index in [-0.39, 0.29) is 6.42 Å². The second kappa shape index (κ2) is 5.44. The lowest BCUT2D eigenvalue weighted by Crippen LogP contribution is -2.44. The maximum Gasteiger partial charge on any atom is 0.469 e. The van der Waals surface area contributed by atoms with Gasteiger partial charge >= 0.3 is 11.4 Å². The Balaban J connectivity index is 2.08. The van der Waals surface area contributed by atoms with E-state index in [1.807, 2.05) is 0 Å². The first kappa shape index (κ1) is 17.7. The van der Waals surface area contributed by atoms with Crippen LogP contribution in [0.5, 0.6) is 0 Å². The van der Waals surface area contributed by atoms with E-state index < -0.39 is 44.5 Å². The number of fused-ring (bicyclic) bond motifs is 1. The van der Waals surface area contributed by atoms with Crippen molar-refractivity contribution in [2.75, 3.05) is 0 Å². The standard InChI is InChI=1S/C13H9F6N3O2S/c14-8-6-9(7-4-2-1-3-5-7)22-10(8)20-11(21-22)25(23,24)13(18,19)12(15,16)17/h1-5,8-9H,6H2/t8-,9-/m0/s1. The van der Waals surface area contributed by atoms with Crippen molar-refractivity contribution in [1.29, 1.82) is 0 Å². The molecule has 0 bridgehead atoms. The zero-order chi connectivity index (χ0) is 18.6. The van der Waals surface area contributed by atoms with E-state index >= 15 is 0 Å². The topological polar surface area (TPSA) is 64.8 Å². The third-order valence-corrected chi connectivity index (χ3v) is 5.30. The summed E-state index contributed by atoms with van der Waals surface area (Å²) in [5, 5.41) is -4.59. The van der Waals surface area contributed by atoms with Gasteiger partial charge in [-0.05, 0) is 5.56 Å². The lowest BCUT2D eigenvalue weighted by Gasteiger charge is -2.18. The zero-order valence-corrected chi connectivity index (χ0v) is 12.9. The molecular formula is C13H9F6N3O2S. The van der Waals surface area contributed by atoms with Gasteiger partial charge < -0.3 is 0 Å². The van der Waals surface area contributed by atoms with Gasteiger partial charge in [0, 0.05) is 6.42 Å². The Hall–Kier alpha value is -2.11. The van der Waals surface area contributed by atoms with E-state index in [9.17, 15) is 34.8 Å². The smallest absolute Gasteiger partial charge is 0.239 e. The first-order chi connectivity index (χ1) is 11.5. The van der Waals surface area contributed by atoms with Crippen molar-refractivity contribution in [1.82, 2.24) is 14.8 Å². The van der Waals surface area contributed by atoms with Crippen LogP contribution in [0.3, 0.4) is 0 Å². The van der Waals surface area contributed by atoms with Crippen molar-refractivity contribution in [3.8, 4) is 0 Å². The molecule has 5 nitrogen and oxygen atoms in total. The number of rotatable bonds is 3. The van der Waals surface area contributed by atoms with E-state index in [2.05, 4.69) is 10.1 Å². The Labute approximate surface area is 137 Å². The molecular weight excluding hydrogens is 376 g/mol. The summed E-state index contributed by atoms with van der Waals surface area (Å²) in [7, 11) is -6.27. The molecule has 2 aromatic rings. The maximum atomic E-state index is 14.1. The summed E-state index contributed by atoms with van der Waals surface area (Å²) in [5.41, 5.74) is 0.486. The normalized spacial score (nSPS) is 21.4. The van der Waals surface area contributed by atoms with Gasteiger partial charge in [0.2, 0.25) is 0 Å². The maximum absolute atomic E-state index is 14.1. The minimum atomic E-state index is -6.35. The van der Waals surface area contributed by atoms with E-state index in [1.165, 1.54) is 0 Å². The van der Waals surface area contributed by atoms with Crippen LogP contribution in [0.25, 0.3) is 0 Å². The van der Waals surface area contributed by atoms with Crippen LogP contribution in [0, 0.1) is 0 Å². The highest BCUT2D eigenvalue weighted by Gasteiger charge is 2.69. The summed E-state index contributed by atoms with van der Waals surface area (Å²) in [6.45, 7) is 0. The number of nitrogens with zero attached hydrogens (tertiary/aromatic N) is 3.